The summed E-state index contributed by atoms with van der Waals surface area (Å²) >= 11 is 0. The van der Waals surface area contributed by atoms with Crippen molar-refractivity contribution in [3.8, 4) is 0 Å². The zero-order valence-electron chi connectivity index (χ0n) is 11.6. The Morgan fingerprint density at radius 1 is 1.22 bits per heavy atom. The van der Waals surface area contributed by atoms with Gasteiger partial charge in [-0.05, 0) is 45.7 Å². The molecule has 2 rings (SSSR count). The van der Waals surface area contributed by atoms with Gasteiger partial charge in [0.15, 0.2) is 0 Å². The second-order valence-corrected chi connectivity index (χ2v) is 5.67. The highest BCUT2D eigenvalue weighted by Crippen LogP contribution is 2.36. The summed E-state index contributed by atoms with van der Waals surface area (Å²) in [4.78, 5) is 4.41. The van der Waals surface area contributed by atoms with Gasteiger partial charge in [-0.2, -0.15) is 0 Å². The molecule has 1 saturated heterocycles. The second kappa shape index (κ2) is 4.52. The highest BCUT2D eigenvalue weighted by Gasteiger charge is 2.52. The highest BCUT2D eigenvalue weighted by atomic mass is 16.7. The van der Waals surface area contributed by atoms with Gasteiger partial charge in [0.1, 0.15) is 0 Å². The number of aromatic nitrogens is 1. The summed E-state index contributed by atoms with van der Waals surface area (Å²) in [5.74, 6) is 0. The molecule has 2 heterocycles. The Balaban J connectivity index is 2.17. The van der Waals surface area contributed by atoms with Crippen molar-refractivity contribution in [3.63, 3.8) is 0 Å². The summed E-state index contributed by atoms with van der Waals surface area (Å²) in [5.41, 5.74) is 1.32. The molecule has 0 saturated carbocycles. The first-order valence-corrected chi connectivity index (χ1v) is 6.27. The first kappa shape index (κ1) is 13.3. The summed E-state index contributed by atoms with van der Waals surface area (Å²) in [6, 6.07) is 4.00. The zero-order valence-corrected chi connectivity index (χ0v) is 11.6. The summed E-state index contributed by atoms with van der Waals surface area (Å²) in [5, 5.41) is 0. The molecule has 0 aliphatic carbocycles. The maximum atomic E-state index is 5.95. The van der Waals surface area contributed by atoms with Crippen molar-refractivity contribution in [1.82, 2.24) is 4.98 Å². The van der Waals surface area contributed by atoms with Gasteiger partial charge in [-0.25, -0.2) is 0 Å². The van der Waals surface area contributed by atoms with Crippen LogP contribution >= 0.6 is 0 Å². The van der Waals surface area contributed by atoms with Gasteiger partial charge in [0, 0.05) is 6.20 Å². The third kappa shape index (κ3) is 2.35. The van der Waals surface area contributed by atoms with Crippen molar-refractivity contribution in [2.45, 2.75) is 45.3 Å². The molecule has 0 atom stereocenters. The van der Waals surface area contributed by atoms with Gasteiger partial charge in [0.05, 0.1) is 16.8 Å². The number of rotatable bonds is 3. The van der Waals surface area contributed by atoms with Crippen molar-refractivity contribution >= 4 is 12.7 Å². The van der Waals surface area contributed by atoms with Crippen LogP contribution in [-0.2, 0) is 15.7 Å². The number of allylic oxidation sites excluding steroid dienone is 1. The van der Waals surface area contributed by atoms with Crippen LogP contribution in [0.5, 0.6) is 0 Å². The van der Waals surface area contributed by atoms with E-state index in [9.17, 15) is 0 Å². The quantitative estimate of drug-likeness (QED) is 0.603. The van der Waals surface area contributed by atoms with Crippen LogP contribution in [0.15, 0.2) is 31.0 Å². The summed E-state index contributed by atoms with van der Waals surface area (Å²) in [7, 11) is -0.382. The molecule has 0 N–H and O–H groups in total. The van der Waals surface area contributed by atoms with Crippen LogP contribution < -0.4 is 5.59 Å². The largest absolute Gasteiger partial charge is 0.514 e. The lowest BCUT2D eigenvalue weighted by molar-refractivity contribution is 0.00578. The van der Waals surface area contributed by atoms with E-state index < -0.39 is 0 Å². The van der Waals surface area contributed by atoms with Crippen LogP contribution in [0.2, 0.25) is 0 Å². The van der Waals surface area contributed by atoms with Crippen LogP contribution in [0.4, 0.5) is 0 Å². The maximum Gasteiger partial charge on any atom is 0.514 e. The third-order valence-electron chi connectivity index (χ3n) is 3.72. The SMILES string of the molecule is C=CCc1ccc(B2OC(C)(C)C(C)(C)O2)nc1. The van der Waals surface area contributed by atoms with E-state index in [4.69, 9.17) is 9.31 Å². The fraction of sp³-hybridized carbons (Fsp3) is 0.500. The van der Waals surface area contributed by atoms with Gasteiger partial charge in [-0.3, -0.25) is 4.98 Å². The summed E-state index contributed by atoms with van der Waals surface area (Å²) in [6.45, 7) is 11.9. The van der Waals surface area contributed by atoms with Gasteiger partial charge in [-0.15, -0.1) is 6.58 Å². The van der Waals surface area contributed by atoms with E-state index in [1.165, 1.54) is 0 Å². The number of hydrogen-bond acceptors (Lipinski definition) is 3. The normalized spacial score (nSPS) is 21.0. The molecule has 0 spiro atoms. The van der Waals surface area contributed by atoms with Gasteiger partial charge in [-0.1, -0.05) is 12.1 Å². The molecule has 1 aromatic heterocycles. The predicted molar refractivity (Wildman–Crippen MR) is 73.9 cm³/mol. The first-order valence-electron chi connectivity index (χ1n) is 6.27. The number of hydrogen-bond donors (Lipinski definition) is 0. The third-order valence-corrected chi connectivity index (χ3v) is 3.72. The summed E-state index contributed by atoms with van der Waals surface area (Å²) in [6.07, 6.45) is 4.55. The molecule has 0 amide bonds. The van der Waals surface area contributed by atoms with Gasteiger partial charge >= 0.3 is 7.12 Å². The van der Waals surface area contributed by atoms with Crippen molar-refractivity contribution in [3.05, 3.63) is 36.5 Å². The van der Waals surface area contributed by atoms with Gasteiger partial charge < -0.3 is 9.31 Å². The monoisotopic (exact) mass is 245 g/mol. The molecule has 3 nitrogen and oxygen atoms in total. The van der Waals surface area contributed by atoms with Gasteiger partial charge in [0.25, 0.3) is 0 Å². The zero-order chi connectivity index (χ0) is 13.4. The van der Waals surface area contributed by atoms with Crippen molar-refractivity contribution in [1.29, 1.82) is 0 Å². The molecular weight excluding hydrogens is 225 g/mol. The molecule has 4 heteroatoms. The minimum Gasteiger partial charge on any atom is -0.398 e. The van der Waals surface area contributed by atoms with Crippen molar-refractivity contribution < 1.29 is 9.31 Å². The lowest BCUT2D eigenvalue weighted by atomic mass is 9.84. The molecule has 18 heavy (non-hydrogen) atoms. The maximum absolute atomic E-state index is 5.95. The van der Waals surface area contributed by atoms with E-state index in [1.807, 2.05) is 52.1 Å². The first-order chi connectivity index (χ1) is 8.36. The Morgan fingerprint density at radius 2 is 1.83 bits per heavy atom. The molecule has 96 valence electrons. The second-order valence-electron chi connectivity index (χ2n) is 5.67. The van der Waals surface area contributed by atoms with Crippen LogP contribution in [0, 0.1) is 0 Å². The molecule has 1 aliphatic heterocycles. The van der Waals surface area contributed by atoms with Crippen LogP contribution in [-0.4, -0.2) is 23.3 Å². The highest BCUT2D eigenvalue weighted by molar-refractivity contribution is 6.61. The lowest BCUT2D eigenvalue weighted by Crippen LogP contribution is -2.41. The Morgan fingerprint density at radius 3 is 2.28 bits per heavy atom. The molecule has 0 bridgehead atoms. The fourth-order valence-corrected chi connectivity index (χ4v) is 1.83. The average molecular weight is 245 g/mol. The molecule has 0 aromatic carbocycles. The average Bonchev–Trinajstić information content (AvgIpc) is 2.50. The number of pyridine rings is 1. The Kier molecular flexibility index (Phi) is 3.34. The van der Waals surface area contributed by atoms with Gasteiger partial charge in [0.2, 0.25) is 0 Å². The lowest BCUT2D eigenvalue weighted by Gasteiger charge is -2.32. The van der Waals surface area contributed by atoms with E-state index in [1.54, 1.807) is 0 Å². The molecule has 0 unspecified atom stereocenters. The predicted octanol–water partition coefficient (Wildman–Crippen LogP) is 2.11. The molecular formula is C14H20BNO2. The van der Waals surface area contributed by atoms with E-state index in [-0.39, 0.29) is 18.3 Å². The topological polar surface area (TPSA) is 31.4 Å². The molecule has 1 fully saturated rings. The van der Waals surface area contributed by atoms with Crippen LogP contribution in [0.1, 0.15) is 33.3 Å². The van der Waals surface area contributed by atoms with Crippen LogP contribution in [0.3, 0.4) is 0 Å². The van der Waals surface area contributed by atoms with Crippen molar-refractivity contribution in [2.24, 2.45) is 0 Å². The standard InChI is InChI=1S/C14H20BNO2/c1-6-7-11-8-9-12(16-10-11)15-17-13(2,3)14(4,5)18-15/h6,8-10H,1,7H2,2-5H3. The minimum absolute atomic E-state index is 0.320. The van der Waals surface area contributed by atoms with Crippen LogP contribution in [0.25, 0.3) is 0 Å². The number of nitrogens with zero attached hydrogens (tertiary/aromatic N) is 1. The van der Waals surface area contributed by atoms with E-state index in [0.29, 0.717) is 0 Å². The molecule has 0 radical (unpaired) electrons. The minimum atomic E-state index is -0.382. The Labute approximate surface area is 109 Å². The molecule has 1 aromatic rings. The Bertz CT molecular complexity index is 424. The van der Waals surface area contributed by atoms with E-state index in [2.05, 4.69) is 11.6 Å². The van der Waals surface area contributed by atoms with E-state index >= 15 is 0 Å². The van der Waals surface area contributed by atoms with Crippen molar-refractivity contribution in [2.75, 3.05) is 0 Å². The Hall–Kier alpha value is -1.13. The summed E-state index contributed by atoms with van der Waals surface area (Å²) < 4.78 is 11.9. The fourth-order valence-electron chi connectivity index (χ4n) is 1.83. The molecule has 1 aliphatic rings. The van der Waals surface area contributed by atoms with E-state index in [0.717, 1.165) is 17.6 Å². The smallest absolute Gasteiger partial charge is 0.398 e.